The van der Waals surface area contributed by atoms with E-state index in [0.717, 1.165) is 0 Å². The molecule has 1 saturated heterocycles. The minimum atomic E-state index is -0.553. The van der Waals surface area contributed by atoms with E-state index in [1.54, 1.807) is 11.9 Å². The van der Waals surface area contributed by atoms with Crippen LogP contribution < -0.4 is 0 Å². The van der Waals surface area contributed by atoms with Crippen LogP contribution in [0, 0.1) is 17.0 Å². The number of carbonyl (C=O) groups excluding carboxylic acids is 1. The van der Waals surface area contributed by atoms with Crippen LogP contribution in [0.15, 0.2) is 0 Å². The molecule has 0 radical (unpaired) electrons. The van der Waals surface area contributed by atoms with Crippen LogP contribution in [0.25, 0.3) is 0 Å². The lowest BCUT2D eigenvalue weighted by molar-refractivity contribution is -0.385. The molecule has 0 bridgehead atoms. The van der Waals surface area contributed by atoms with Crippen LogP contribution in [0.3, 0.4) is 0 Å². The quantitative estimate of drug-likeness (QED) is 0.593. The smallest absolute Gasteiger partial charge is 0.322 e. The number of hydrogen-bond donors (Lipinski definition) is 0. The number of ether oxygens (including phenoxy) is 1. The first-order valence-electron chi connectivity index (χ1n) is 6.44. The Hall–Kier alpha value is -1.96. The highest BCUT2D eigenvalue weighted by atomic mass is 16.6. The van der Waals surface area contributed by atoms with Gasteiger partial charge in [-0.2, -0.15) is 5.10 Å². The fraction of sp³-hybridized carbons (Fsp3) is 0.667. The topological polar surface area (TPSA) is 90.5 Å². The molecule has 0 saturated carbocycles. The third kappa shape index (κ3) is 2.51. The monoisotopic (exact) mass is 282 g/mol. The highest BCUT2D eigenvalue weighted by molar-refractivity contribution is 5.97. The van der Waals surface area contributed by atoms with E-state index in [1.165, 1.54) is 11.6 Å². The van der Waals surface area contributed by atoms with Crippen molar-refractivity contribution >= 4 is 11.6 Å². The second-order valence-corrected chi connectivity index (χ2v) is 5.13. The van der Waals surface area contributed by atoms with E-state index in [4.69, 9.17) is 4.74 Å². The minimum Gasteiger partial charge on any atom is -0.372 e. The molecule has 2 atom stereocenters. The number of carbonyl (C=O) groups is 1. The fourth-order valence-corrected chi connectivity index (χ4v) is 2.60. The Morgan fingerprint density at radius 3 is 2.45 bits per heavy atom. The predicted octanol–water partition coefficient (Wildman–Crippen LogP) is 0.886. The van der Waals surface area contributed by atoms with Gasteiger partial charge in [0, 0.05) is 20.1 Å². The van der Waals surface area contributed by atoms with Crippen molar-refractivity contribution in [3.05, 3.63) is 21.5 Å². The summed E-state index contributed by atoms with van der Waals surface area (Å²) in [6, 6.07) is 0. The molecule has 2 rings (SSSR count). The number of morpholine rings is 1. The van der Waals surface area contributed by atoms with E-state index in [2.05, 4.69) is 5.10 Å². The number of aromatic nitrogens is 2. The minimum absolute atomic E-state index is 0.0220. The average molecular weight is 282 g/mol. The molecule has 1 aliphatic rings. The van der Waals surface area contributed by atoms with E-state index in [9.17, 15) is 14.9 Å². The first-order valence-corrected chi connectivity index (χ1v) is 6.44. The Morgan fingerprint density at radius 1 is 1.40 bits per heavy atom. The van der Waals surface area contributed by atoms with E-state index in [0.29, 0.717) is 13.1 Å². The summed E-state index contributed by atoms with van der Waals surface area (Å²) >= 11 is 0. The van der Waals surface area contributed by atoms with Crippen LogP contribution in [-0.2, 0) is 11.8 Å². The summed E-state index contributed by atoms with van der Waals surface area (Å²) in [5.41, 5.74) is 0.0494. The molecule has 1 fully saturated rings. The number of hydrogen-bond acceptors (Lipinski definition) is 5. The van der Waals surface area contributed by atoms with Gasteiger partial charge in [-0.05, 0) is 20.8 Å². The molecule has 0 aliphatic carbocycles. The van der Waals surface area contributed by atoms with Crippen LogP contribution in [-0.4, -0.2) is 50.8 Å². The molecule has 1 aromatic heterocycles. The zero-order valence-corrected chi connectivity index (χ0v) is 12.0. The van der Waals surface area contributed by atoms with Gasteiger partial charge in [0.05, 0.1) is 17.1 Å². The van der Waals surface area contributed by atoms with Gasteiger partial charge >= 0.3 is 5.69 Å². The molecule has 1 aromatic rings. The molecule has 1 aliphatic heterocycles. The SMILES string of the molecule is Cc1nn(C)c(C(=O)N2C[C@@H](C)O[C@H](C)C2)c1[N+](=O)[O-]. The maximum absolute atomic E-state index is 12.6. The maximum atomic E-state index is 12.6. The third-order valence-electron chi connectivity index (χ3n) is 3.28. The van der Waals surface area contributed by atoms with E-state index >= 15 is 0 Å². The molecule has 0 unspecified atom stereocenters. The van der Waals surface area contributed by atoms with Gasteiger partial charge in [0.25, 0.3) is 5.91 Å². The molecule has 0 aromatic carbocycles. The summed E-state index contributed by atoms with van der Waals surface area (Å²) < 4.78 is 6.84. The molecule has 0 spiro atoms. The number of aryl methyl sites for hydroxylation is 2. The number of nitro groups is 1. The molecule has 20 heavy (non-hydrogen) atoms. The molecule has 110 valence electrons. The lowest BCUT2D eigenvalue weighted by atomic mass is 10.2. The molecule has 8 nitrogen and oxygen atoms in total. The van der Waals surface area contributed by atoms with Crippen molar-refractivity contribution in [2.24, 2.45) is 7.05 Å². The predicted molar refractivity (Wildman–Crippen MR) is 70.5 cm³/mol. The molecular weight excluding hydrogens is 264 g/mol. The molecule has 0 N–H and O–H groups in total. The van der Waals surface area contributed by atoms with Crippen LogP contribution in [0.1, 0.15) is 30.0 Å². The van der Waals surface area contributed by atoms with Gasteiger partial charge in [0.1, 0.15) is 5.69 Å². The molecule has 8 heteroatoms. The molecular formula is C12H18N4O4. The van der Waals surface area contributed by atoms with Crippen LogP contribution in [0.5, 0.6) is 0 Å². The van der Waals surface area contributed by atoms with Crippen LogP contribution >= 0.6 is 0 Å². The lowest BCUT2D eigenvalue weighted by Gasteiger charge is -2.35. The van der Waals surface area contributed by atoms with Gasteiger partial charge in [0.15, 0.2) is 0 Å². The number of rotatable bonds is 2. The Morgan fingerprint density at radius 2 is 1.95 bits per heavy atom. The Bertz CT molecular complexity index is 544. The number of nitrogens with zero attached hydrogens (tertiary/aromatic N) is 4. The summed E-state index contributed by atoms with van der Waals surface area (Å²) in [7, 11) is 1.54. The van der Waals surface area contributed by atoms with Gasteiger partial charge in [-0.3, -0.25) is 19.6 Å². The highest BCUT2D eigenvalue weighted by Gasteiger charge is 2.35. The lowest BCUT2D eigenvalue weighted by Crippen LogP contribution is -2.48. The molecule has 2 heterocycles. The van der Waals surface area contributed by atoms with Crippen molar-refractivity contribution in [3.8, 4) is 0 Å². The van der Waals surface area contributed by atoms with Gasteiger partial charge in [-0.15, -0.1) is 0 Å². The summed E-state index contributed by atoms with van der Waals surface area (Å²) in [5, 5.41) is 15.1. The number of amides is 1. The van der Waals surface area contributed by atoms with Crippen LogP contribution in [0.2, 0.25) is 0 Å². The normalized spacial score (nSPS) is 22.9. The fourth-order valence-electron chi connectivity index (χ4n) is 2.60. The average Bonchev–Trinajstić information content (AvgIpc) is 2.62. The van der Waals surface area contributed by atoms with Crippen molar-refractivity contribution in [3.63, 3.8) is 0 Å². The second-order valence-electron chi connectivity index (χ2n) is 5.13. The zero-order chi connectivity index (χ0) is 15.0. The Labute approximate surface area is 116 Å². The van der Waals surface area contributed by atoms with Crippen molar-refractivity contribution in [2.75, 3.05) is 13.1 Å². The first-order chi connectivity index (χ1) is 9.31. The second kappa shape index (κ2) is 5.20. The largest absolute Gasteiger partial charge is 0.372 e. The van der Waals surface area contributed by atoms with Crippen molar-refractivity contribution in [2.45, 2.75) is 33.0 Å². The highest BCUT2D eigenvalue weighted by Crippen LogP contribution is 2.25. The maximum Gasteiger partial charge on any atom is 0.322 e. The van der Waals surface area contributed by atoms with Crippen LogP contribution in [0.4, 0.5) is 5.69 Å². The summed E-state index contributed by atoms with van der Waals surface area (Å²) in [6.07, 6.45) is -0.174. The summed E-state index contributed by atoms with van der Waals surface area (Å²) in [4.78, 5) is 24.7. The van der Waals surface area contributed by atoms with Crippen molar-refractivity contribution in [1.29, 1.82) is 0 Å². The third-order valence-corrected chi connectivity index (χ3v) is 3.28. The first kappa shape index (κ1) is 14.4. The van der Waals surface area contributed by atoms with Gasteiger partial charge < -0.3 is 9.64 Å². The van der Waals surface area contributed by atoms with Crippen molar-refractivity contribution < 1.29 is 14.5 Å². The standard InChI is InChI=1S/C12H18N4O4/c1-7-5-15(6-8(2)20-7)12(17)11-10(16(18)19)9(3)13-14(11)4/h7-8H,5-6H2,1-4H3/t7-,8-/m1/s1. The summed E-state index contributed by atoms with van der Waals surface area (Å²) in [5.74, 6) is -0.373. The van der Waals surface area contributed by atoms with Gasteiger partial charge in [0.2, 0.25) is 5.69 Å². The van der Waals surface area contributed by atoms with E-state index < -0.39 is 4.92 Å². The van der Waals surface area contributed by atoms with Gasteiger partial charge in [-0.25, -0.2) is 0 Å². The Kier molecular flexibility index (Phi) is 3.76. The van der Waals surface area contributed by atoms with Gasteiger partial charge in [-0.1, -0.05) is 0 Å². The molecule has 1 amide bonds. The Balaban J connectivity index is 2.36. The zero-order valence-electron chi connectivity index (χ0n) is 12.0. The van der Waals surface area contributed by atoms with Crippen molar-refractivity contribution in [1.82, 2.24) is 14.7 Å². The van der Waals surface area contributed by atoms with E-state index in [-0.39, 0.29) is 35.2 Å². The van der Waals surface area contributed by atoms with E-state index in [1.807, 2.05) is 13.8 Å². The summed E-state index contributed by atoms with van der Waals surface area (Å²) in [6.45, 7) is 6.12.